The van der Waals surface area contributed by atoms with Crippen molar-refractivity contribution in [2.75, 3.05) is 20.1 Å². The van der Waals surface area contributed by atoms with Gasteiger partial charge in [-0.3, -0.25) is 14.2 Å². The topological polar surface area (TPSA) is 67.2 Å². The van der Waals surface area contributed by atoms with Crippen LogP contribution in [-0.2, 0) is 11.3 Å². The molecule has 6 nitrogen and oxygen atoms in total. The summed E-state index contributed by atoms with van der Waals surface area (Å²) in [5.41, 5.74) is 1.64. The van der Waals surface area contributed by atoms with E-state index in [4.69, 9.17) is 0 Å². The van der Waals surface area contributed by atoms with Crippen molar-refractivity contribution in [2.24, 2.45) is 0 Å². The molecule has 6 heteroatoms. The Bertz CT molecular complexity index is 799. The van der Waals surface area contributed by atoms with Gasteiger partial charge in [0.05, 0.1) is 17.2 Å². The number of likely N-dealkylation sites (N-methyl/N-ethyl adjacent to an activating group) is 1. The number of aromatic nitrogens is 2. The molecule has 1 aliphatic rings. The first-order valence-corrected chi connectivity index (χ1v) is 8.50. The van der Waals surface area contributed by atoms with Crippen molar-refractivity contribution < 1.29 is 4.79 Å². The van der Waals surface area contributed by atoms with Crippen molar-refractivity contribution in [1.82, 2.24) is 19.8 Å². The van der Waals surface area contributed by atoms with Crippen LogP contribution in [0.1, 0.15) is 24.8 Å². The lowest BCUT2D eigenvalue weighted by Gasteiger charge is -2.32. The summed E-state index contributed by atoms with van der Waals surface area (Å²) in [6, 6.07) is 5.97. The van der Waals surface area contributed by atoms with E-state index in [9.17, 15) is 9.59 Å². The molecule has 0 bridgehead atoms. The average Bonchev–Trinajstić information content (AvgIpc) is 2.61. The first-order chi connectivity index (χ1) is 11.6. The van der Waals surface area contributed by atoms with Crippen LogP contribution in [0.15, 0.2) is 29.3 Å². The third kappa shape index (κ3) is 3.33. The second-order valence-corrected chi connectivity index (χ2v) is 6.43. The van der Waals surface area contributed by atoms with Gasteiger partial charge in [0, 0.05) is 32.1 Å². The highest BCUT2D eigenvalue weighted by Crippen LogP contribution is 2.13. The van der Waals surface area contributed by atoms with Gasteiger partial charge < -0.3 is 10.2 Å². The van der Waals surface area contributed by atoms with E-state index in [-0.39, 0.29) is 11.5 Å². The van der Waals surface area contributed by atoms with E-state index in [0.29, 0.717) is 24.4 Å². The molecule has 24 heavy (non-hydrogen) atoms. The number of benzene rings is 1. The Labute approximate surface area is 141 Å². The zero-order valence-corrected chi connectivity index (χ0v) is 14.3. The van der Waals surface area contributed by atoms with E-state index in [2.05, 4.69) is 10.3 Å². The first-order valence-electron chi connectivity index (χ1n) is 8.50. The molecule has 0 saturated carbocycles. The maximum absolute atomic E-state index is 12.6. The SMILES string of the molecule is CNC1CCCN(C(=O)CCn2cnc3c(C)cccc3c2=O)C1. The molecule has 1 fully saturated rings. The molecule has 1 atom stereocenters. The quantitative estimate of drug-likeness (QED) is 0.919. The second-order valence-electron chi connectivity index (χ2n) is 6.43. The summed E-state index contributed by atoms with van der Waals surface area (Å²) < 4.78 is 1.54. The van der Waals surface area contributed by atoms with Crippen molar-refractivity contribution in [3.63, 3.8) is 0 Å². The highest BCUT2D eigenvalue weighted by Gasteiger charge is 2.22. The van der Waals surface area contributed by atoms with Gasteiger partial charge in [-0.25, -0.2) is 4.98 Å². The summed E-state index contributed by atoms with van der Waals surface area (Å²) in [5, 5.41) is 3.85. The number of nitrogens with zero attached hydrogens (tertiary/aromatic N) is 3. The normalized spacial score (nSPS) is 18.1. The van der Waals surface area contributed by atoms with Crippen LogP contribution < -0.4 is 10.9 Å². The third-order valence-corrected chi connectivity index (χ3v) is 4.80. The van der Waals surface area contributed by atoms with Crippen LogP contribution in [-0.4, -0.2) is 46.5 Å². The minimum absolute atomic E-state index is 0.0803. The van der Waals surface area contributed by atoms with E-state index in [1.54, 1.807) is 17.0 Å². The summed E-state index contributed by atoms with van der Waals surface area (Å²) in [6.07, 6.45) is 4.01. The Morgan fingerprint density at radius 3 is 3.04 bits per heavy atom. The summed E-state index contributed by atoms with van der Waals surface area (Å²) in [4.78, 5) is 31.3. The number of amides is 1. The summed E-state index contributed by atoms with van der Waals surface area (Å²) in [7, 11) is 1.93. The number of carbonyl (C=O) groups is 1. The van der Waals surface area contributed by atoms with Crippen molar-refractivity contribution >= 4 is 16.8 Å². The van der Waals surface area contributed by atoms with Crippen LogP contribution in [0.5, 0.6) is 0 Å². The molecule has 3 rings (SSSR count). The Kier molecular flexibility index (Phi) is 4.94. The molecule has 2 heterocycles. The van der Waals surface area contributed by atoms with Gasteiger partial charge in [0.15, 0.2) is 0 Å². The van der Waals surface area contributed by atoms with Gasteiger partial charge >= 0.3 is 0 Å². The Hall–Kier alpha value is -2.21. The van der Waals surface area contributed by atoms with Crippen molar-refractivity contribution in [1.29, 1.82) is 0 Å². The number of likely N-dealkylation sites (tertiary alicyclic amines) is 1. The Morgan fingerprint density at radius 1 is 1.42 bits per heavy atom. The first kappa shape index (κ1) is 16.6. The fourth-order valence-electron chi connectivity index (χ4n) is 3.31. The van der Waals surface area contributed by atoms with Crippen LogP contribution in [0.3, 0.4) is 0 Å². The fourth-order valence-corrected chi connectivity index (χ4v) is 3.31. The van der Waals surface area contributed by atoms with Crippen molar-refractivity contribution in [3.05, 3.63) is 40.4 Å². The molecule has 2 aromatic rings. The monoisotopic (exact) mass is 328 g/mol. The maximum atomic E-state index is 12.6. The predicted molar refractivity (Wildman–Crippen MR) is 94.0 cm³/mol. The van der Waals surface area contributed by atoms with Crippen LogP contribution in [0, 0.1) is 6.92 Å². The molecule has 1 amide bonds. The molecule has 0 radical (unpaired) electrons. The molecule has 1 saturated heterocycles. The van der Waals surface area contributed by atoms with E-state index in [1.165, 1.54) is 0 Å². The number of nitrogens with one attached hydrogen (secondary N) is 1. The lowest BCUT2D eigenvalue weighted by molar-refractivity contribution is -0.132. The minimum atomic E-state index is -0.0803. The van der Waals surface area contributed by atoms with Crippen LogP contribution >= 0.6 is 0 Å². The molecule has 1 aliphatic heterocycles. The molecular weight excluding hydrogens is 304 g/mol. The standard InChI is InChI=1S/C18H24N4O2/c1-13-5-3-7-15-17(13)20-12-22(18(15)24)10-8-16(23)21-9-4-6-14(11-21)19-2/h3,5,7,12,14,19H,4,6,8-11H2,1-2H3. The van der Waals surface area contributed by atoms with Crippen molar-refractivity contribution in [3.8, 4) is 0 Å². The van der Waals surface area contributed by atoms with Crippen LogP contribution in [0.4, 0.5) is 0 Å². The number of hydrogen-bond acceptors (Lipinski definition) is 4. The highest BCUT2D eigenvalue weighted by atomic mass is 16.2. The number of aryl methyl sites for hydroxylation is 2. The number of carbonyl (C=O) groups excluding carboxylic acids is 1. The van der Waals surface area contributed by atoms with Gasteiger partial charge in [0.2, 0.25) is 5.91 Å². The summed E-state index contributed by atoms with van der Waals surface area (Å²) in [6.45, 7) is 3.87. The van der Waals surface area contributed by atoms with Gasteiger partial charge in [0.1, 0.15) is 0 Å². The third-order valence-electron chi connectivity index (χ3n) is 4.80. The van der Waals surface area contributed by atoms with E-state index >= 15 is 0 Å². The summed E-state index contributed by atoms with van der Waals surface area (Å²) >= 11 is 0. The number of rotatable bonds is 4. The van der Waals surface area contributed by atoms with E-state index < -0.39 is 0 Å². The van der Waals surface area contributed by atoms with Gasteiger partial charge in [-0.05, 0) is 38.4 Å². The van der Waals surface area contributed by atoms with E-state index in [1.807, 2.05) is 31.0 Å². The molecule has 1 aromatic carbocycles. The maximum Gasteiger partial charge on any atom is 0.261 e. The van der Waals surface area contributed by atoms with Gasteiger partial charge in [-0.2, -0.15) is 0 Å². The fraction of sp³-hybridized carbons (Fsp3) is 0.500. The predicted octanol–water partition coefficient (Wildman–Crippen LogP) is 1.31. The number of fused-ring (bicyclic) bond motifs is 1. The number of piperidine rings is 1. The van der Waals surface area contributed by atoms with Crippen LogP contribution in [0.25, 0.3) is 10.9 Å². The molecule has 1 aromatic heterocycles. The Balaban J connectivity index is 1.70. The molecule has 1 unspecified atom stereocenters. The molecule has 1 N–H and O–H groups in total. The molecule has 128 valence electrons. The second kappa shape index (κ2) is 7.13. The molecule has 0 spiro atoms. The van der Waals surface area contributed by atoms with Gasteiger partial charge in [0.25, 0.3) is 5.56 Å². The summed E-state index contributed by atoms with van der Waals surface area (Å²) in [5.74, 6) is 0.103. The molecule has 0 aliphatic carbocycles. The van der Waals surface area contributed by atoms with E-state index in [0.717, 1.165) is 37.0 Å². The number of hydrogen-bond donors (Lipinski definition) is 1. The average molecular weight is 328 g/mol. The lowest BCUT2D eigenvalue weighted by atomic mass is 10.1. The van der Waals surface area contributed by atoms with Crippen LogP contribution in [0.2, 0.25) is 0 Å². The lowest BCUT2D eigenvalue weighted by Crippen LogP contribution is -2.47. The van der Waals surface area contributed by atoms with Crippen molar-refractivity contribution in [2.45, 2.75) is 38.8 Å². The molecular formula is C18H24N4O2. The zero-order valence-electron chi connectivity index (χ0n) is 14.3. The largest absolute Gasteiger partial charge is 0.341 e. The highest BCUT2D eigenvalue weighted by molar-refractivity contribution is 5.80. The van der Waals surface area contributed by atoms with Gasteiger partial charge in [-0.15, -0.1) is 0 Å². The Morgan fingerprint density at radius 2 is 2.25 bits per heavy atom. The zero-order chi connectivity index (χ0) is 17.1. The smallest absolute Gasteiger partial charge is 0.261 e. The van der Waals surface area contributed by atoms with Gasteiger partial charge in [-0.1, -0.05) is 12.1 Å². The number of para-hydroxylation sites is 1. The minimum Gasteiger partial charge on any atom is -0.341 e.